The molecule has 3 fully saturated rings. The zero-order chi connectivity index (χ0) is 41.3. The van der Waals surface area contributed by atoms with Crippen LogP contribution < -0.4 is 4.90 Å². The molecule has 0 aromatic heterocycles. The molecule has 0 atom stereocenters. The monoisotopic (exact) mass is 800 g/mol. The van der Waals surface area contributed by atoms with Crippen molar-refractivity contribution >= 4 is 17.1 Å². The van der Waals surface area contributed by atoms with Crippen molar-refractivity contribution in [3.05, 3.63) is 160 Å². The predicted molar refractivity (Wildman–Crippen MR) is 259 cm³/mol. The fraction of sp³-hybridized carbons (Fsp3) is 0.400. The highest BCUT2D eigenvalue weighted by Gasteiger charge is 2.39. The van der Waals surface area contributed by atoms with Gasteiger partial charge in [0.1, 0.15) is 0 Å². The predicted octanol–water partition coefficient (Wildman–Crippen LogP) is 17.6. The van der Waals surface area contributed by atoms with E-state index in [1.807, 2.05) is 5.56 Å². The molecule has 0 aliphatic heterocycles. The molecule has 1 heteroatoms. The second-order valence-corrected chi connectivity index (χ2v) is 20.7. The van der Waals surface area contributed by atoms with Crippen LogP contribution in [-0.4, -0.2) is 0 Å². The lowest BCUT2D eigenvalue weighted by atomic mass is 9.70. The van der Waals surface area contributed by atoms with Crippen LogP contribution in [0.3, 0.4) is 0 Å². The third kappa shape index (κ3) is 6.55. The van der Waals surface area contributed by atoms with Gasteiger partial charge in [-0.05, 0) is 153 Å². The zero-order valence-electron chi connectivity index (χ0n) is 37.3. The normalized spacial score (nSPS) is 19.5. The summed E-state index contributed by atoms with van der Waals surface area (Å²) in [6, 6.07) is 47.7. The summed E-state index contributed by atoms with van der Waals surface area (Å²) < 4.78 is 0. The van der Waals surface area contributed by atoms with Crippen molar-refractivity contribution < 1.29 is 0 Å². The number of nitrogens with zero attached hydrogens (tertiary/aromatic N) is 1. The Balaban J connectivity index is 1.07. The number of hydrogen-bond donors (Lipinski definition) is 0. The largest absolute Gasteiger partial charge is 0.310 e. The molecule has 61 heavy (non-hydrogen) atoms. The molecular formula is C60H65N. The van der Waals surface area contributed by atoms with E-state index in [1.165, 1.54) is 169 Å². The molecule has 0 unspecified atom stereocenters. The van der Waals surface area contributed by atoms with Crippen molar-refractivity contribution in [3.8, 4) is 33.4 Å². The number of rotatable bonds is 7. The van der Waals surface area contributed by atoms with Crippen molar-refractivity contribution in [2.75, 3.05) is 4.90 Å². The summed E-state index contributed by atoms with van der Waals surface area (Å²) in [5.74, 6) is 2.18. The van der Waals surface area contributed by atoms with Crippen LogP contribution in [0.5, 0.6) is 0 Å². The molecule has 0 radical (unpaired) electrons. The summed E-state index contributed by atoms with van der Waals surface area (Å²) in [4.78, 5) is 2.58. The van der Waals surface area contributed by atoms with Gasteiger partial charge in [0.15, 0.2) is 0 Å². The maximum Gasteiger partial charge on any atom is 0.0543 e. The molecule has 11 rings (SSSR count). The Hall–Kier alpha value is -4.88. The van der Waals surface area contributed by atoms with E-state index in [0.717, 1.165) is 5.92 Å². The second-order valence-electron chi connectivity index (χ2n) is 20.7. The number of anilines is 3. The minimum absolute atomic E-state index is 0.0745. The van der Waals surface area contributed by atoms with Gasteiger partial charge in [0.2, 0.25) is 0 Å². The van der Waals surface area contributed by atoms with E-state index in [0.29, 0.717) is 11.8 Å². The van der Waals surface area contributed by atoms with Crippen molar-refractivity contribution in [1.29, 1.82) is 0 Å². The van der Waals surface area contributed by atoms with Crippen LogP contribution in [-0.2, 0) is 10.8 Å². The maximum absolute atomic E-state index is 2.71. The van der Waals surface area contributed by atoms with E-state index in [-0.39, 0.29) is 10.8 Å². The van der Waals surface area contributed by atoms with Crippen molar-refractivity contribution in [1.82, 2.24) is 0 Å². The maximum atomic E-state index is 2.71. The Morgan fingerprint density at radius 2 is 0.885 bits per heavy atom. The molecule has 5 aliphatic rings. The summed E-state index contributed by atoms with van der Waals surface area (Å²) in [6.45, 7) is 9.61. The second kappa shape index (κ2) is 15.5. The lowest BCUT2D eigenvalue weighted by Gasteiger charge is -2.35. The highest BCUT2D eigenvalue weighted by atomic mass is 15.1. The third-order valence-corrected chi connectivity index (χ3v) is 16.5. The number of benzene rings is 6. The molecule has 0 spiro atoms. The molecule has 0 N–H and O–H groups in total. The molecule has 310 valence electrons. The van der Waals surface area contributed by atoms with Gasteiger partial charge in [-0.15, -0.1) is 0 Å². The first-order chi connectivity index (χ1) is 29.8. The Kier molecular flexibility index (Phi) is 9.90. The molecule has 3 saturated carbocycles. The molecule has 0 heterocycles. The Morgan fingerprint density at radius 1 is 0.393 bits per heavy atom. The standard InChI is InChI=1S/C60H65N/c1-59(2)53-28-17-15-26-49(53)58-54(59)29-18-30-56(58)61(46-35-36-48-47-25-14-16-27-52(47)60(3,4)55(48)39-46)45-33-31-40(32-34-45)44-37-50(41-19-8-5-9-20-41)57(43-23-12-7-13-24-43)51(38-44)42-21-10-6-11-22-42/h14-18,25-39,41-43H,5-13,19-24H2,1-4H3. The molecular weight excluding hydrogens is 735 g/mol. The summed E-state index contributed by atoms with van der Waals surface area (Å²) in [6.07, 6.45) is 20.8. The van der Waals surface area contributed by atoms with Gasteiger partial charge in [-0.1, -0.05) is 176 Å². The van der Waals surface area contributed by atoms with Gasteiger partial charge in [-0.25, -0.2) is 0 Å². The van der Waals surface area contributed by atoms with Gasteiger partial charge < -0.3 is 4.90 Å². The van der Waals surface area contributed by atoms with Crippen molar-refractivity contribution in [2.45, 2.75) is 153 Å². The lowest BCUT2D eigenvalue weighted by molar-refractivity contribution is 0.404. The van der Waals surface area contributed by atoms with Crippen LogP contribution in [0.1, 0.15) is 181 Å². The van der Waals surface area contributed by atoms with Crippen molar-refractivity contribution in [3.63, 3.8) is 0 Å². The minimum atomic E-state index is -0.0828. The van der Waals surface area contributed by atoms with E-state index in [1.54, 1.807) is 11.1 Å². The van der Waals surface area contributed by atoms with E-state index >= 15 is 0 Å². The summed E-state index contributed by atoms with van der Waals surface area (Å²) in [5.41, 5.74) is 22.8. The average Bonchev–Trinajstić information content (AvgIpc) is 3.69. The average molecular weight is 800 g/mol. The van der Waals surface area contributed by atoms with Gasteiger partial charge in [0.05, 0.1) is 5.69 Å². The molecule has 1 nitrogen and oxygen atoms in total. The van der Waals surface area contributed by atoms with Crippen LogP contribution in [0.25, 0.3) is 33.4 Å². The molecule has 6 aromatic rings. The molecule has 5 aliphatic carbocycles. The van der Waals surface area contributed by atoms with Gasteiger partial charge in [-0.3, -0.25) is 0 Å². The highest BCUT2D eigenvalue weighted by Crippen LogP contribution is 2.56. The van der Waals surface area contributed by atoms with Crippen LogP contribution >= 0.6 is 0 Å². The van der Waals surface area contributed by atoms with Crippen molar-refractivity contribution in [2.24, 2.45) is 0 Å². The topological polar surface area (TPSA) is 3.24 Å². The smallest absolute Gasteiger partial charge is 0.0543 e. The summed E-state index contributed by atoms with van der Waals surface area (Å²) >= 11 is 0. The number of hydrogen-bond acceptors (Lipinski definition) is 1. The first kappa shape index (κ1) is 39.0. The molecule has 0 bridgehead atoms. The fourth-order valence-corrected chi connectivity index (χ4v) is 13.2. The fourth-order valence-electron chi connectivity index (χ4n) is 13.2. The minimum Gasteiger partial charge on any atom is -0.310 e. The molecule has 0 saturated heterocycles. The quantitative estimate of drug-likeness (QED) is 0.155. The van der Waals surface area contributed by atoms with Crippen LogP contribution in [0, 0.1) is 0 Å². The van der Waals surface area contributed by atoms with Crippen LogP contribution in [0.2, 0.25) is 0 Å². The van der Waals surface area contributed by atoms with E-state index in [9.17, 15) is 0 Å². The van der Waals surface area contributed by atoms with Gasteiger partial charge in [0, 0.05) is 27.8 Å². The first-order valence-electron chi connectivity index (χ1n) is 24.3. The van der Waals surface area contributed by atoms with Crippen LogP contribution in [0.15, 0.2) is 121 Å². The van der Waals surface area contributed by atoms with Crippen LogP contribution in [0.4, 0.5) is 17.1 Å². The Morgan fingerprint density at radius 3 is 1.51 bits per heavy atom. The first-order valence-corrected chi connectivity index (χ1v) is 24.3. The summed E-state index contributed by atoms with van der Waals surface area (Å²) in [5, 5.41) is 0. The number of fused-ring (bicyclic) bond motifs is 6. The Bertz CT molecular complexity index is 2550. The lowest BCUT2D eigenvalue weighted by Crippen LogP contribution is -2.18. The van der Waals surface area contributed by atoms with Gasteiger partial charge in [0.25, 0.3) is 0 Å². The Labute approximate surface area is 366 Å². The summed E-state index contributed by atoms with van der Waals surface area (Å²) in [7, 11) is 0. The van der Waals surface area contributed by atoms with Gasteiger partial charge in [-0.2, -0.15) is 0 Å². The zero-order valence-corrected chi connectivity index (χ0v) is 37.3. The van der Waals surface area contributed by atoms with E-state index in [2.05, 4.69) is 154 Å². The SMILES string of the molecule is CC1(C)c2ccccc2-c2ccc(N(c3ccc(-c4cc(C5CCCCC5)c(C5CCCCC5)c(C5CCCCC5)c4)cc3)c3cccc4c3-c3ccccc3C4(C)C)cc21. The van der Waals surface area contributed by atoms with E-state index < -0.39 is 0 Å². The van der Waals surface area contributed by atoms with Gasteiger partial charge >= 0.3 is 0 Å². The third-order valence-electron chi connectivity index (χ3n) is 16.5. The molecule has 0 amide bonds. The van der Waals surface area contributed by atoms with E-state index in [4.69, 9.17) is 0 Å². The molecule has 6 aromatic carbocycles. The highest BCUT2D eigenvalue weighted by molar-refractivity contribution is 5.96.